The Balaban J connectivity index is 2.37. The van der Waals surface area contributed by atoms with Crippen LogP contribution in [0.2, 0.25) is 0 Å². The average Bonchev–Trinajstić information content (AvgIpc) is 2.54. The van der Waals surface area contributed by atoms with Gasteiger partial charge in [0.05, 0.1) is 16.6 Å². The summed E-state index contributed by atoms with van der Waals surface area (Å²) in [5.41, 5.74) is -0.272. The standard InChI is InChI=1S/C18H20N2O4/c1-12(18(2,3)22)19-15-10-9-14(11-16(15)20(23)24)17(21)13-7-5-4-6-8-13/h4-12,19,22H,1-3H3/t12-/m0/s1. The number of nitro benzene ring substituents is 1. The molecule has 24 heavy (non-hydrogen) atoms. The normalized spacial score (nSPS) is 12.5. The van der Waals surface area contributed by atoms with Gasteiger partial charge in [0, 0.05) is 17.2 Å². The first kappa shape index (κ1) is 17.6. The van der Waals surface area contributed by atoms with Crippen molar-refractivity contribution in [3.63, 3.8) is 0 Å². The van der Waals surface area contributed by atoms with E-state index in [0.29, 0.717) is 5.56 Å². The molecule has 0 aliphatic carbocycles. The number of aliphatic hydroxyl groups is 1. The Bertz CT molecular complexity index is 751. The van der Waals surface area contributed by atoms with Crippen LogP contribution in [-0.2, 0) is 0 Å². The highest BCUT2D eigenvalue weighted by Gasteiger charge is 2.25. The van der Waals surface area contributed by atoms with Crippen LogP contribution >= 0.6 is 0 Å². The van der Waals surface area contributed by atoms with Crippen LogP contribution in [-0.4, -0.2) is 27.5 Å². The number of nitro groups is 1. The summed E-state index contributed by atoms with van der Waals surface area (Å²) in [7, 11) is 0. The Labute approximate surface area is 140 Å². The number of anilines is 1. The van der Waals surface area contributed by atoms with Gasteiger partial charge in [-0.1, -0.05) is 30.3 Å². The number of nitrogens with zero attached hydrogens (tertiary/aromatic N) is 1. The maximum absolute atomic E-state index is 12.4. The second-order valence-electron chi connectivity index (χ2n) is 6.20. The highest BCUT2D eigenvalue weighted by atomic mass is 16.6. The quantitative estimate of drug-likeness (QED) is 0.482. The molecule has 6 heteroatoms. The first-order chi connectivity index (χ1) is 11.2. The van der Waals surface area contributed by atoms with Crippen LogP contribution in [0.3, 0.4) is 0 Å². The monoisotopic (exact) mass is 328 g/mol. The fourth-order valence-corrected chi connectivity index (χ4v) is 2.11. The second kappa shape index (κ2) is 6.80. The van der Waals surface area contributed by atoms with E-state index in [2.05, 4.69) is 5.32 Å². The molecule has 0 unspecified atom stereocenters. The summed E-state index contributed by atoms with van der Waals surface area (Å²) < 4.78 is 0. The molecule has 0 radical (unpaired) electrons. The lowest BCUT2D eigenvalue weighted by Crippen LogP contribution is -2.39. The van der Waals surface area contributed by atoms with Crippen molar-refractivity contribution in [3.8, 4) is 0 Å². The number of nitrogens with one attached hydrogen (secondary N) is 1. The molecule has 126 valence electrons. The zero-order valence-electron chi connectivity index (χ0n) is 13.8. The highest BCUT2D eigenvalue weighted by molar-refractivity contribution is 6.09. The Morgan fingerprint density at radius 1 is 1.17 bits per heavy atom. The number of carbonyl (C=O) groups is 1. The fraction of sp³-hybridized carbons (Fsp3) is 0.278. The first-order valence-electron chi connectivity index (χ1n) is 7.57. The van der Waals surface area contributed by atoms with Crippen LogP contribution in [0.15, 0.2) is 48.5 Å². The smallest absolute Gasteiger partial charge is 0.293 e. The van der Waals surface area contributed by atoms with Gasteiger partial charge in [0.25, 0.3) is 5.69 Å². The van der Waals surface area contributed by atoms with E-state index in [1.165, 1.54) is 12.1 Å². The van der Waals surface area contributed by atoms with E-state index in [4.69, 9.17) is 0 Å². The lowest BCUT2D eigenvalue weighted by Gasteiger charge is -2.27. The van der Waals surface area contributed by atoms with E-state index in [9.17, 15) is 20.0 Å². The molecule has 1 atom stereocenters. The van der Waals surface area contributed by atoms with E-state index in [1.807, 2.05) is 0 Å². The molecule has 0 heterocycles. The number of benzene rings is 2. The Morgan fingerprint density at radius 3 is 2.33 bits per heavy atom. The molecule has 0 spiro atoms. The molecule has 0 fully saturated rings. The van der Waals surface area contributed by atoms with Gasteiger partial charge in [0.1, 0.15) is 5.69 Å². The molecule has 6 nitrogen and oxygen atoms in total. The highest BCUT2D eigenvalue weighted by Crippen LogP contribution is 2.28. The molecular formula is C18H20N2O4. The average molecular weight is 328 g/mol. The largest absolute Gasteiger partial charge is 0.388 e. The van der Waals surface area contributed by atoms with Gasteiger partial charge in [0.15, 0.2) is 5.78 Å². The van der Waals surface area contributed by atoms with Gasteiger partial charge in [-0.2, -0.15) is 0 Å². The zero-order valence-corrected chi connectivity index (χ0v) is 13.8. The number of hydrogen-bond acceptors (Lipinski definition) is 5. The molecule has 0 amide bonds. The van der Waals surface area contributed by atoms with Crippen molar-refractivity contribution >= 4 is 17.2 Å². The molecule has 2 N–H and O–H groups in total. The SMILES string of the molecule is C[C@H](Nc1ccc(C(=O)c2ccccc2)cc1[N+](=O)[O-])C(C)(C)O. The van der Waals surface area contributed by atoms with Crippen LogP contribution in [0.5, 0.6) is 0 Å². The minimum atomic E-state index is -1.05. The van der Waals surface area contributed by atoms with E-state index < -0.39 is 16.6 Å². The predicted molar refractivity (Wildman–Crippen MR) is 92.4 cm³/mol. The van der Waals surface area contributed by atoms with Crippen molar-refractivity contribution in [2.45, 2.75) is 32.4 Å². The van der Waals surface area contributed by atoms with Crippen molar-refractivity contribution in [1.82, 2.24) is 0 Å². The molecule has 0 saturated heterocycles. The fourth-order valence-electron chi connectivity index (χ4n) is 2.11. The summed E-state index contributed by atoms with van der Waals surface area (Å²) in [5, 5.41) is 24.3. The van der Waals surface area contributed by atoms with Gasteiger partial charge in [-0.05, 0) is 32.9 Å². The molecule has 0 aliphatic rings. The van der Waals surface area contributed by atoms with Gasteiger partial charge >= 0.3 is 0 Å². The van der Waals surface area contributed by atoms with Crippen molar-refractivity contribution in [1.29, 1.82) is 0 Å². The minimum absolute atomic E-state index is 0.201. The van der Waals surface area contributed by atoms with Crippen LogP contribution in [0.25, 0.3) is 0 Å². The maximum Gasteiger partial charge on any atom is 0.293 e. The van der Waals surface area contributed by atoms with Crippen LogP contribution in [0.1, 0.15) is 36.7 Å². The third kappa shape index (κ3) is 3.97. The van der Waals surface area contributed by atoms with Crippen molar-refractivity contribution in [2.24, 2.45) is 0 Å². The molecule has 2 aromatic carbocycles. The number of carbonyl (C=O) groups excluding carboxylic acids is 1. The van der Waals surface area contributed by atoms with Crippen LogP contribution < -0.4 is 5.32 Å². The van der Waals surface area contributed by atoms with Gasteiger partial charge < -0.3 is 10.4 Å². The van der Waals surface area contributed by atoms with E-state index in [-0.39, 0.29) is 22.7 Å². The van der Waals surface area contributed by atoms with Gasteiger partial charge in [-0.3, -0.25) is 14.9 Å². The number of rotatable bonds is 6. The lowest BCUT2D eigenvalue weighted by atomic mass is 9.99. The van der Waals surface area contributed by atoms with Gasteiger partial charge in [0.2, 0.25) is 0 Å². The van der Waals surface area contributed by atoms with E-state index in [0.717, 1.165) is 0 Å². The molecule has 0 bridgehead atoms. The van der Waals surface area contributed by atoms with Crippen molar-refractivity contribution in [3.05, 3.63) is 69.8 Å². The Hall–Kier alpha value is -2.73. The molecular weight excluding hydrogens is 308 g/mol. The van der Waals surface area contributed by atoms with Crippen LogP contribution in [0, 0.1) is 10.1 Å². The summed E-state index contributed by atoms with van der Waals surface area (Å²) in [6, 6.07) is 12.5. The summed E-state index contributed by atoms with van der Waals surface area (Å²) in [6.45, 7) is 4.96. The van der Waals surface area contributed by atoms with Gasteiger partial charge in [-0.15, -0.1) is 0 Å². The molecule has 0 aromatic heterocycles. The van der Waals surface area contributed by atoms with Crippen molar-refractivity contribution < 1.29 is 14.8 Å². The third-order valence-corrected chi connectivity index (χ3v) is 3.92. The molecule has 2 rings (SSSR count). The molecule has 2 aromatic rings. The van der Waals surface area contributed by atoms with Gasteiger partial charge in [-0.25, -0.2) is 0 Å². The molecule has 0 saturated carbocycles. The summed E-state index contributed by atoms with van der Waals surface area (Å²) >= 11 is 0. The zero-order chi connectivity index (χ0) is 17.9. The topological polar surface area (TPSA) is 92.5 Å². The maximum atomic E-state index is 12.4. The van der Waals surface area contributed by atoms with Crippen molar-refractivity contribution in [2.75, 3.05) is 5.32 Å². The minimum Gasteiger partial charge on any atom is -0.388 e. The summed E-state index contributed by atoms with van der Waals surface area (Å²) in [6.07, 6.45) is 0. The van der Waals surface area contributed by atoms with Crippen LogP contribution in [0.4, 0.5) is 11.4 Å². The third-order valence-electron chi connectivity index (χ3n) is 3.92. The second-order valence-corrected chi connectivity index (χ2v) is 6.20. The lowest BCUT2D eigenvalue weighted by molar-refractivity contribution is -0.384. The summed E-state index contributed by atoms with van der Waals surface area (Å²) in [5.74, 6) is -0.277. The van der Waals surface area contributed by atoms with E-state index >= 15 is 0 Å². The number of hydrogen-bond donors (Lipinski definition) is 2. The summed E-state index contributed by atoms with van der Waals surface area (Å²) in [4.78, 5) is 23.2. The Kier molecular flexibility index (Phi) is 4.99. The predicted octanol–water partition coefficient (Wildman–Crippen LogP) is 3.40. The number of ketones is 1. The van der Waals surface area contributed by atoms with E-state index in [1.54, 1.807) is 57.2 Å². The first-order valence-corrected chi connectivity index (χ1v) is 7.57. The molecule has 0 aliphatic heterocycles. The Morgan fingerprint density at radius 2 is 1.79 bits per heavy atom.